The second-order valence-electron chi connectivity index (χ2n) is 8.12. The standard InChI is InChI=1S/C19H25F3N6O2S/c1-5-31(24,29)14-6-11(30-18(2,3)10-23)8-26-16(14)17-27-12-7-15(19(20,21)22)25-9-13(12)28(17)4/h7,9,11,14,16,24,26H,5-6,8H2,1-4H3. The Kier molecular flexibility index (Phi) is 6.07. The second-order valence-corrected chi connectivity index (χ2v) is 10.8. The molecule has 0 aliphatic carbocycles. The van der Waals surface area contributed by atoms with Crippen LogP contribution in [0.5, 0.6) is 0 Å². The lowest BCUT2D eigenvalue weighted by Crippen LogP contribution is -2.51. The zero-order valence-corrected chi connectivity index (χ0v) is 18.5. The number of imidazole rings is 1. The van der Waals surface area contributed by atoms with Crippen molar-refractivity contribution in [2.24, 2.45) is 7.05 Å². The molecule has 1 aliphatic heterocycles. The molecule has 2 aromatic rings. The molecule has 0 amide bonds. The van der Waals surface area contributed by atoms with E-state index in [1.807, 2.05) is 0 Å². The number of alkyl halides is 3. The van der Waals surface area contributed by atoms with Crippen molar-refractivity contribution >= 4 is 20.8 Å². The van der Waals surface area contributed by atoms with E-state index in [1.54, 1.807) is 32.4 Å². The van der Waals surface area contributed by atoms with Gasteiger partial charge < -0.3 is 14.6 Å². The number of nitrogens with zero attached hydrogens (tertiary/aromatic N) is 4. The highest BCUT2D eigenvalue weighted by Gasteiger charge is 2.41. The van der Waals surface area contributed by atoms with Gasteiger partial charge in [-0.05, 0) is 26.3 Å². The van der Waals surface area contributed by atoms with Crippen molar-refractivity contribution in [2.75, 3.05) is 12.3 Å². The van der Waals surface area contributed by atoms with Gasteiger partial charge in [-0.15, -0.1) is 0 Å². The Bertz CT molecular complexity index is 1120. The highest BCUT2D eigenvalue weighted by atomic mass is 32.2. The maximum atomic E-state index is 13.1. The van der Waals surface area contributed by atoms with Gasteiger partial charge in [-0.3, -0.25) is 4.78 Å². The Morgan fingerprint density at radius 3 is 2.71 bits per heavy atom. The molecule has 0 bridgehead atoms. The Labute approximate surface area is 178 Å². The zero-order chi connectivity index (χ0) is 23.2. The van der Waals surface area contributed by atoms with Crippen LogP contribution in [0, 0.1) is 16.1 Å². The maximum absolute atomic E-state index is 13.1. The molecular weight excluding hydrogens is 433 g/mol. The van der Waals surface area contributed by atoms with Gasteiger partial charge in [-0.1, -0.05) is 6.92 Å². The van der Waals surface area contributed by atoms with Gasteiger partial charge in [0.05, 0.1) is 40.7 Å². The summed E-state index contributed by atoms with van der Waals surface area (Å²) in [7, 11) is -1.42. The first-order valence-corrected chi connectivity index (χ1v) is 11.6. The Hall–Kier alpha value is -2.23. The summed E-state index contributed by atoms with van der Waals surface area (Å²) in [4.78, 5) is 7.88. The van der Waals surface area contributed by atoms with E-state index in [2.05, 4.69) is 21.4 Å². The molecule has 1 fully saturated rings. The lowest BCUT2D eigenvalue weighted by atomic mass is 10.00. The van der Waals surface area contributed by atoms with Crippen molar-refractivity contribution in [3.8, 4) is 6.07 Å². The summed E-state index contributed by atoms with van der Waals surface area (Å²) >= 11 is 0. The summed E-state index contributed by atoms with van der Waals surface area (Å²) < 4.78 is 68.1. The van der Waals surface area contributed by atoms with Crippen molar-refractivity contribution in [1.82, 2.24) is 19.9 Å². The normalized spacial score (nSPS) is 24.6. The molecule has 12 heteroatoms. The number of hydrogen-bond donors (Lipinski definition) is 2. The average molecular weight is 459 g/mol. The molecule has 8 nitrogen and oxygen atoms in total. The van der Waals surface area contributed by atoms with Crippen molar-refractivity contribution in [3.05, 3.63) is 23.8 Å². The number of hydrogen-bond acceptors (Lipinski definition) is 7. The minimum absolute atomic E-state index is 0.105. The molecular formula is C19H25F3N6O2S. The van der Waals surface area contributed by atoms with E-state index >= 15 is 0 Å². The van der Waals surface area contributed by atoms with Crippen molar-refractivity contribution in [3.63, 3.8) is 0 Å². The summed E-state index contributed by atoms with van der Waals surface area (Å²) in [6, 6.07) is 2.32. The third-order valence-corrected chi connectivity index (χ3v) is 7.75. The number of nitriles is 1. The van der Waals surface area contributed by atoms with Crippen LogP contribution in [0.4, 0.5) is 13.2 Å². The number of ether oxygens (including phenoxy) is 1. The summed E-state index contributed by atoms with van der Waals surface area (Å²) in [6.45, 7) is 5.23. The van der Waals surface area contributed by atoms with Crippen LogP contribution in [0.1, 0.15) is 44.8 Å². The molecule has 31 heavy (non-hydrogen) atoms. The third kappa shape index (κ3) is 4.68. The van der Waals surface area contributed by atoms with Crippen LogP contribution in [-0.2, 0) is 27.7 Å². The Balaban J connectivity index is 2.01. The van der Waals surface area contributed by atoms with Gasteiger partial charge in [-0.2, -0.15) is 18.4 Å². The first-order valence-electron chi connectivity index (χ1n) is 9.76. The summed E-state index contributed by atoms with van der Waals surface area (Å²) in [5.41, 5.74) is -1.56. The summed E-state index contributed by atoms with van der Waals surface area (Å²) in [5, 5.41) is 11.7. The first kappa shape index (κ1) is 23.4. The minimum atomic E-state index is -4.59. The van der Waals surface area contributed by atoms with Gasteiger partial charge in [0.25, 0.3) is 0 Å². The monoisotopic (exact) mass is 458 g/mol. The molecule has 170 valence electrons. The quantitative estimate of drug-likeness (QED) is 0.711. The largest absolute Gasteiger partial charge is 0.433 e. The number of aryl methyl sites for hydroxylation is 1. The zero-order valence-electron chi connectivity index (χ0n) is 17.7. The molecule has 1 aliphatic rings. The lowest BCUT2D eigenvalue weighted by Gasteiger charge is -2.39. The summed E-state index contributed by atoms with van der Waals surface area (Å²) in [5.74, 6) is 0.487. The molecule has 1 saturated heterocycles. The molecule has 0 saturated carbocycles. The fourth-order valence-electron chi connectivity index (χ4n) is 3.79. The van der Waals surface area contributed by atoms with Gasteiger partial charge in [0.2, 0.25) is 0 Å². The van der Waals surface area contributed by atoms with Crippen LogP contribution < -0.4 is 5.32 Å². The number of fused-ring (bicyclic) bond motifs is 1. The Morgan fingerprint density at radius 2 is 2.13 bits per heavy atom. The molecule has 3 rings (SSSR count). The predicted octanol–water partition coefficient (Wildman–Crippen LogP) is 3.14. The third-order valence-electron chi connectivity index (χ3n) is 5.45. The number of halogens is 3. The van der Waals surface area contributed by atoms with Crippen LogP contribution in [0.3, 0.4) is 0 Å². The summed E-state index contributed by atoms with van der Waals surface area (Å²) in [6.07, 6.45) is -3.66. The van der Waals surface area contributed by atoms with E-state index in [9.17, 15) is 22.6 Å². The molecule has 4 unspecified atom stereocenters. The van der Waals surface area contributed by atoms with Gasteiger partial charge >= 0.3 is 6.18 Å². The maximum Gasteiger partial charge on any atom is 0.433 e. The molecule has 4 atom stereocenters. The lowest BCUT2D eigenvalue weighted by molar-refractivity contribution is -0.141. The molecule has 0 radical (unpaired) electrons. The first-order chi connectivity index (χ1) is 14.3. The van der Waals surface area contributed by atoms with Gasteiger partial charge in [0.1, 0.15) is 17.1 Å². The average Bonchev–Trinajstić information content (AvgIpc) is 3.03. The Morgan fingerprint density at radius 1 is 1.45 bits per heavy atom. The van der Waals surface area contributed by atoms with Crippen LogP contribution >= 0.6 is 0 Å². The van der Waals surface area contributed by atoms with Gasteiger partial charge in [0, 0.05) is 29.1 Å². The highest BCUT2D eigenvalue weighted by Crippen LogP contribution is 2.34. The van der Waals surface area contributed by atoms with Crippen molar-refractivity contribution in [1.29, 1.82) is 10.0 Å². The highest BCUT2D eigenvalue weighted by molar-refractivity contribution is 7.93. The van der Waals surface area contributed by atoms with E-state index in [0.29, 0.717) is 17.9 Å². The van der Waals surface area contributed by atoms with E-state index < -0.39 is 44.6 Å². The molecule has 0 aromatic carbocycles. The van der Waals surface area contributed by atoms with E-state index in [0.717, 1.165) is 12.3 Å². The van der Waals surface area contributed by atoms with Crippen molar-refractivity contribution in [2.45, 2.75) is 56.4 Å². The van der Waals surface area contributed by atoms with Crippen LogP contribution in [0.15, 0.2) is 12.3 Å². The number of pyridine rings is 1. The van der Waals surface area contributed by atoms with E-state index in [-0.39, 0.29) is 17.7 Å². The topological polar surface area (TPSA) is 117 Å². The predicted molar refractivity (Wildman–Crippen MR) is 109 cm³/mol. The second kappa shape index (κ2) is 8.03. The number of nitrogens with one attached hydrogen (secondary N) is 2. The van der Waals surface area contributed by atoms with E-state index in [1.165, 1.54) is 0 Å². The molecule has 2 aromatic heterocycles. The van der Waals surface area contributed by atoms with Gasteiger partial charge in [-0.25, -0.2) is 14.2 Å². The fraction of sp³-hybridized carbons (Fsp3) is 0.632. The number of aromatic nitrogens is 3. The number of rotatable bonds is 5. The molecule has 3 heterocycles. The fourth-order valence-corrected chi connectivity index (χ4v) is 5.40. The van der Waals surface area contributed by atoms with E-state index in [4.69, 9.17) is 9.52 Å². The van der Waals surface area contributed by atoms with Crippen LogP contribution in [0.2, 0.25) is 0 Å². The number of piperidine rings is 1. The minimum Gasteiger partial charge on any atom is -0.356 e. The SMILES string of the molecule is CCS(=N)(=O)C1CC(OC(C)(C)C#N)CNC1c1nc2cc(C(F)(F)F)ncc2n1C. The van der Waals surface area contributed by atoms with Crippen LogP contribution in [-0.4, -0.2) is 48.0 Å². The van der Waals surface area contributed by atoms with Crippen LogP contribution in [0.25, 0.3) is 11.0 Å². The molecule has 0 spiro atoms. The molecule has 2 N–H and O–H groups in total. The van der Waals surface area contributed by atoms with Crippen molar-refractivity contribution < 1.29 is 22.1 Å². The van der Waals surface area contributed by atoms with Gasteiger partial charge in [0.15, 0.2) is 0 Å². The smallest absolute Gasteiger partial charge is 0.356 e.